The highest BCUT2D eigenvalue weighted by molar-refractivity contribution is 6.03. The SMILES string of the molecule is COc1cc2c(c3c1C(=O)CC(c1ccccc1)O3)C(OC(C)=O)C(OC(C)=O)C(C)(C)O2. The zero-order valence-electron chi connectivity index (χ0n) is 19.2. The molecule has 0 spiro atoms. The van der Waals surface area contributed by atoms with E-state index in [9.17, 15) is 14.4 Å². The smallest absolute Gasteiger partial charge is 0.303 e. The Hall–Kier alpha value is -3.55. The van der Waals surface area contributed by atoms with Gasteiger partial charge in [0.05, 0.1) is 19.1 Å². The van der Waals surface area contributed by atoms with Crippen LogP contribution in [0.2, 0.25) is 0 Å². The highest BCUT2D eigenvalue weighted by atomic mass is 16.6. The lowest BCUT2D eigenvalue weighted by atomic mass is 9.84. The Morgan fingerprint density at radius 2 is 1.73 bits per heavy atom. The van der Waals surface area contributed by atoms with Crippen molar-refractivity contribution in [1.82, 2.24) is 0 Å². The molecule has 8 nitrogen and oxygen atoms in total. The molecule has 2 heterocycles. The molecule has 0 bridgehead atoms. The summed E-state index contributed by atoms with van der Waals surface area (Å²) in [6.07, 6.45) is -2.46. The number of hydrogen-bond donors (Lipinski definition) is 0. The van der Waals surface area contributed by atoms with Crippen molar-refractivity contribution in [2.75, 3.05) is 7.11 Å². The second kappa shape index (κ2) is 8.42. The fourth-order valence-electron chi connectivity index (χ4n) is 4.38. The number of methoxy groups -OCH3 is 1. The van der Waals surface area contributed by atoms with Gasteiger partial charge in [-0.2, -0.15) is 0 Å². The van der Waals surface area contributed by atoms with E-state index in [1.54, 1.807) is 19.9 Å². The Labute approximate surface area is 191 Å². The van der Waals surface area contributed by atoms with E-state index < -0.39 is 35.9 Å². The summed E-state index contributed by atoms with van der Waals surface area (Å²) in [7, 11) is 1.46. The van der Waals surface area contributed by atoms with E-state index in [2.05, 4.69) is 0 Å². The van der Waals surface area contributed by atoms with Crippen LogP contribution in [0.5, 0.6) is 17.2 Å². The van der Waals surface area contributed by atoms with Crippen LogP contribution in [0.4, 0.5) is 0 Å². The lowest BCUT2D eigenvalue weighted by Gasteiger charge is -2.44. The first-order valence-electron chi connectivity index (χ1n) is 10.7. The fraction of sp³-hybridized carbons (Fsp3) is 0.400. The van der Waals surface area contributed by atoms with Crippen molar-refractivity contribution >= 4 is 17.7 Å². The minimum atomic E-state index is -1.05. The minimum Gasteiger partial charge on any atom is -0.496 e. The maximum Gasteiger partial charge on any atom is 0.303 e. The second-order valence-corrected chi connectivity index (χ2v) is 8.60. The Morgan fingerprint density at radius 3 is 2.33 bits per heavy atom. The van der Waals surface area contributed by atoms with E-state index in [4.69, 9.17) is 23.7 Å². The quantitative estimate of drug-likeness (QED) is 0.637. The van der Waals surface area contributed by atoms with Gasteiger partial charge in [-0.25, -0.2) is 0 Å². The molecule has 0 saturated carbocycles. The highest BCUT2D eigenvalue weighted by Crippen LogP contribution is 2.54. The lowest BCUT2D eigenvalue weighted by molar-refractivity contribution is -0.188. The van der Waals surface area contributed by atoms with Crippen molar-refractivity contribution in [1.29, 1.82) is 0 Å². The molecule has 2 aromatic carbocycles. The number of esters is 2. The van der Waals surface area contributed by atoms with Crippen molar-refractivity contribution in [3.63, 3.8) is 0 Å². The van der Waals surface area contributed by atoms with Gasteiger partial charge in [-0.05, 0) is 19.4 Å². The third-order valence-corrected chi connectivity index (χ3v) is 5.75. The summed E-state index contributed by atoms with van der Waals surface area (Å²) < 4.78 is 29.2. The number of ether oxygens (including phenoxy) is 5. The van der Waals surface area contributed by atoms with E-state index in [0.717, 1.165) is 5.56 Å². The lowest BCUT2D eigenvalue weighted by Crippen LogP contribution is -2.52. The first-order valence-corrected chi connectivity index (χ1v) is 10.7. The summed E-state index contributed by atoms with van der Waals surface area (Å²) in [5, 5.41) is 0. The zero-order valence-corrected chi connectivity index (χ0v) is 19.2. The van der Waals surface area contributed by atoms with Crippen LogP contribution in [0.15, 0.2) is 36.4 Å². The number of hydrogen-bond acceptors (Lipinski definition) is 8. The average Bonchev–Trinajstić information content (AvgIpc) is 2.74. The van der Waals surface area contributed by atoms with Gasteiger partial charge in [-0.3, -0.25) is 14.4 Å². The van der Waals surface area contributed by atoms with Crippen molar-refractivity contribution in [2.24, 2.45) is 0 Å². The van der Waals surface area contributed by atoms with E-state index in [-0.39, 0.29) is 23.5 Å². The predicted molar refractivity (Wildman–Crippen MR) is 117 cm³/mol. The van der Waals surface area contributed by atoms with Crippen LogP contribution >= 0.6 is 0 Å². The Balaban J connectivity index is 1.93. The molecule has 0 fully saturated rings. The van der Waals surface area contributed by atoms with Crippen LogP contribution in [-0.4, -0.2) is 36.5 Å². The minimum absolute atomic E-state index is 0.115. The second-order valence-electron chi connectivity index (χ2n) is 8.60. The van der Waals surface area contributed by atoms with Crippen LogP contribution in [0, 0.1) is 0 Å². The van der Waals surface area contributed by atoms with Crippen molar-refractivity contribution < 1.29 is 38.1 Å². The summed E-state index contributed by atoms with van der Waals surface area (Å²) in [6.45, 7) is 5.99. The molecule has 0 radical (unpaired) electrons. The molecule has 2 aliphatic heterocycles. The number of carbonyl (C=O) groups excluding carboxylic acids is 3. The van der Waals surface area contributed by atoms with Gasteiger partial charge in [0.2, 0.25) is 0 Å². The highest BCUT2D eigenvalue weighted by Gasteiger charge is 2.51. The van der Waals surface area contributed by atoms with Gasteiger partial charge in [0.15, 0.2) is 18.0 Å². The Kier molecular flexibility index (Phi) is 5.78. The van der Waals surface area contributed by atoms with E-state index in [0.29, 0.717) is 17.1 Å². The molecular weight excluding hydrogens is 428 g/mol. The van der Waals surface area contributed by atoms with Gasteiger partial charge in [0.25, 0.3) is 0 Å². The maximum atomic E-state index is 13.3. The van der Waals surface area contributed by atoms with Gasteiger partial charge >= 0.3 is 11.9 Å². The third kappa shape index (κ3) is 4.13. The summed E-state index contributed by atoms with van der Waals surface area (Å²) in [5.74, 6) is -0.491. The van der Waals surface area contributed by atoms with E-state index >= 15 is 0 Å². The number of fused-ring (bicyclic) bond motifs is 3. The van der Waals surface area contributed by atoms with Gasteiger partial charge in [0, 0.05) is 19.9 Å². The molecule has 2 aliphatic rings. The molecular formula is C25H26O8. The van der Waals surface area contributed by atoms with Crippen molar-refractivity contribution in [2.45, 2.75) is 58.0 Å². The number of rotatable bonds is 4. The van der Waals surface area contributed by atoms with Crippen LogP contribution in [0.25, 0.3) is 0 Å². The van der Waals surface area contributed by atoms with Gasteiger partial charge in [-0.1, -0.05) is 30.3 Å². The van der Waals surface area contributed by atoms with E-state index in [1.165, 1.54) is 21.0 Å². The molecule has 33 heavy (non-hydrogen) atoms. The summed E-state index contributed by atoms with van der Waals surface area (Å²) in [4.78, 5) is 37.2. The van der Waals surface area contributed by atoms with Gasteiger partial charge < -0.3 is 23.7 Å². The molecule has 8 heteroatoms. The maximum absolute atomic E-state index is 13.3. The van der Waals surface area contributed by atoms with Crippen molar-refractivity contribution in [3.8, 4) is 17.2 Å². The molecule has 0 amide bonds. The predicted octanol–water partition coefficient (Wildman–Crippen LogP) is 4.11. The van der Waals surface area contributed by atoms with Gasteiger partial charge in [0.1, 0.15) is 34.5 Å². The number of carbonyl (C=O) groups is 3. The first kappa shape index (κ1) is 22.6. The summed E-state index contributed by atoms with van der Waals surface area (Å²) in [5.41, 5.74) is 0.354. The average molecular weight is 454 g/mol. The normalized spacial score (nSPS) is 22.7. The number of benzene rings is 2. The van der Waals surface area contributed by atoms with E-state index in [1.807, 2.05) is 30.3 Å². The molecule has 0 saturated heterocycles. The molecule has 0 aromatic heterocycles. The largest absolute Gasteiger partial charge is 0.496 e. The molecule has 3 unspecified atom stereocenters. The van der Waals surface area contributed by atoms with Crippen molar-refractivity contribution in [3.05, 3.63) is 53.1 Å². The topological polar surface area (TPSA) is 97.4 Å². The Morgan fingerprint density at radius 1 is 1.06 bits per heavy atom. The molecule has 0 aliphatic carbocycles. The van der Waals surface area contributed by atoms with Crippen LogP contribution < -0.4 is 14.2 Å². The zero-order chi connectivity index (χ0) is 23.9. The van der Waals surface area contributed by atoms with Gasteiger partial charge in [-0.15, -0.1) is 0 Å². The monoisotopic (exact) mass is 454 g/mol. The molecule has 2 aromatic rings. The standard InChI is InChI=1S/C25H26O8/c1-13(26)30-23-21-19(33-25(3,4)24(23)31-14(2)27)12-18(29-5)20-16(28)11-17(32-22(20)21)15-9-7-6-8-10-15/h6-10,12,17,23-24H,11H2,1-5H3. The summed E-state index contributed by atoms with van der Waals surface area (Å²) in [6, 6.07) is 10.9. The fourth-order valence-corrected chi connectivity index (χ4v) is 4.38. The number of ketones is 1. The third-order valence-electron chi connectivity index (χ3n) is 5.75. The Bertz CT molecular complexity index is 1110. The molecule has 3 atom stereocenters. The number of Topliss-reactive ketones (excluding diaryl/α,β-unsaturated/α-hetero) is 1. The summed E-state index contributed by atoms with van der Waals surface area (Å²) >= 11 is 0. The van der Waals surface area contributed by atoms with Crippen LogP contribution in [0.1, 0.15) is 67.8 Å². The molecule has 174 valence electrons. The first-order chi connectivity index (χ1) is 15.6. The molecule has 4 rings (SSSR count). The molecule has 0 N–H and O–H groups in total. The van der Waals surface area contributed by atoms with Crippen LogP contribution in [0.3, 0.4) is 0 Å². The van der Waals surface area contributed by atoms with Crippen LogP contribution in [-0.2, 0) is 19.1 Å².